The van der Waals surface area contributed by atoms with E-state index >= 15 is 0 Å². The molecular weight excluding hydrogens is 462 g/mol. The molecule has 0 saturated carbocycles. The number of carbonyl (C=O) groups excluding carboxylic acids is 1. The third-order valence-electron chi connectivity index (χ3n) is 4.70. The first-order valence-electron chi connectivity index (χ1n) is 9.29. The highest BCUT2D eigenvalue weighted by atomic mass is 35.5. The summed E-state index contributed by atoms with van der Waals surface area (Å²) >= 11 is 12.5. The first-order chi connectivity index (χ1) is 15.2. The Balaban J connectivity index is 2.02. The van der Waals surface area contributed by atoms with Crippen molar-refractivity contribution in [3.8, 4) is 11.5 Å². The van der Waals surface area contributed by atoms with Crippen LogP contribution in [0.4, 0.5) is 10.1 Å². The molecule has 10 heteroatoms. The zero-order valence-corrected chi connectivity index (χ0v) is 18.7. The standard InChI is InChI=1S/C22H19Cl2FN2O5/c1-30-19-6-3-12(7-21(19)31-2)20(9-15-16(23)10-27(29)11-17(15)24)32-22(28)14-5-4-13(26)8-18(14)25/h3-8,10-11,20H,9H2,1-2H3,(H2-,26,28,29)/p+1/t20-/m0/s1. The van der Waals surface area contributed by atoms with Crippen LogP contribution in [0.2, 0.25) is 10.0 Å². The molecule has 3 aromatic rings. The van der Waals surface area contributed by atoms with Gasteiger partial charge in [-0.15, -0.1) is 0 Å². The minimum absolute atomic E-state index is 0.0380. The van der Waals surface area contributed by atoms with Gasteiger partial charge in [0.05, 0.1) is 19.8 Å². The Bertz CT molecular complexity index is 1140. The average molecular weight is 482 g/mol. The van der Waals surface area contributed by atoms with Crippen LogP contribution in [0.15, 0.2) is 48.8 Å². The van der Waals surface area contributed by atoms with E-state index in [9.17, 15) is 14.4 Å². The van der Waals surface area contributed by atoms with Crippen LogP contribution in [-0.4, -0.2) is 25.4 Å². The molecule has 0 aliphatic rings. The molecule has 1 atom stereocenters. The van der Waals surface area contributed by atoms with E-state index < -0.39 is 17.9 Å². The first kappa shape index (κ1) is 23.4. The molecule has 0 radical (unpaired) electrons. The molecule has 0 aliphatic heterocycles. The maximum Gasteiger partial charge on any atom is 0.341 e. The number of carbonyl (C=O) groups is 1. The van der Waals surface area contributed by atoms with Crippen LogP contribution in [-0.2, 0) is 11.2 Å². The molecule has 1 heterocycles. The molecule has 32 heavy (non-hydrogen) atoms. The number of halogens is 3. The normalized spacial score (nSPS) is 11.7. The average Bonchev–Trinajstić information content (AvgIpc) is 2.74. The fourth-order valence-electron chi connectivity index (χ4n) is 3.09. The molecule has 0 amide bonds. The fraction of sp³-hybridized carbons (Fsp3) is 0.182. The van der Waals surface area contributed by atoms with Crippen molar-refractivity contribution in [2.24, 2.45) is 0 Å². The number of hydrogen-bond donors (Lipinski definition) is 2. The maximum atomic E-state index is 14.3. The van der Waals surface area contributed by atoms with Gasteiger partial charge in [-0.05, 0) is 35.9 Å². The third-order valence-corrected chi connectivity index (χ3v) is 5.35. The highest BCUT2D eigenvalue weighted by molar-refractivity contribution is 6.35. The maximum absolute atomic E-state index is 14.3. The summed E-state index contributed by atoms with van der Waals surface area (Å²) in [7, 11) is 2.96. The van der Waals surface area contributed by atoms with Gasteiger partial charge in [0.2, 0.25) is 12.4 Å². The lowest BCUT2D eigenvalue weighted by Gasteiger charge is -2.21. The van der Waals surface area contributed by atoms with Gasteiger partial charge in [0, 0.05) is 22.4 Å². The Morgan fingerprint density at radius 2 is 1.75 bits per heavy atom. The SMILES string of the molecule is COc1ccc([C@H](Cc2c(Cl)c[n+](O)cc2Cl)OC(=O)c2ccc(N)cc2F)cc1OC. The monoisotopic (exact) mass is 481 g/mol. The minimum atomic E-state index is -0.927. The van der Waals surface area contributed by atoms with Gasteiger partial charge in [-0.25, -0.2) is 9.18 Å². The molecule has 0 fully saturated rings. The minimum Gasteiger partial charge on any atom is -0.493 e. The van der Waals surface area contributed by atoms with Crippen LogP contribution in [0.5, 0.6) is 11.5 Å². The summed E-state index contributed by atoms with van der Waals surface area (Å²) in [4.78, 5) is 12.8. The molecule has 0 unspecified atom stereocenters. The zero-order valence-electron chi connectivity index (χ0n) is 17.1. The summed E-state index contributed by atoms with van der Waals surface area (Å²) in [5.41, 5.74) is 6.41. The number of aromatic nitrogens is 1. The second-order valence-electron chi connectivity index (χ2n) is 6.76. The summed E-state index contributed by atoms with van der Waals surface area (Å²) in [6.07, 6.45) is 1.60. The van der Waals surface area contributed by atoms with E-state index in [0.29, 0.717) is 22.6 Å². The molecule has 3 N–H and O–H groups in total. The van der Waals surface area contributed by atoms with Crippen molar-refractivity contribution in [1.29, 1.82) is 0 Å². The summed E-state index contributed by atoms with van der Waals surface area (Å²) in [6, 6.07) is 8.64. The molecule has 3 rings (SSSR count). The van der Waals surface area contributed by atoms with Crippen molar-refractivity contribution in [2.75, 3.05) is 20.0 Å². The molecule has 0 saturated heterocycles. The number of nitrogens with zero attached hydrogens (tertiary/aromatic N) is 1. The van der Waals surface area contributed by atoms with Gasteiger partial charge in [0.15, 0.2) is 11.5 Å². The number of benzene rings is 2. The lowest BCUT2D eigenvalue weighted by molar-refractivity contribution is -0.904. The highest BCUT2D eigenvalue weighted by Crippen LogP contribution is 2.35. The zero-order chi connectivity index (χ0) is 23.4. The number of nitrogens with two attached hydrogens (primary N) is 1. The second kappa shape index (κ2) is 9.93. The van der Waals surface area contributed by atoms with Gasteiger partial charge in [0.25, 0.3) is 0 Å². The van der Waals surface area contributed by atoms with Gasteiger partial charge < -0.3 is 19.9 Å². The van der Waals surface area contributed by atoms with E-state index in [0.717, 1.165) is 10.8 Å². The lowest BCUT2D eigenvalue weighted by Crippen LogP contribution is -2.29. The molecule has 7 nitrogen and oxygen atoms in total. The molecule has 168 valence electrons. The second-order valence-corrected chi connectivity index (χ2v) is 7.58. The number of nitrogen functional groups attached to an aromatic ring is 1. The third kappa shape index (κ3) is 5.15. The van der Waals surface area contributed by atoms with Gasteiger partial charge in [-0.2, -0.15) is 0 Å². The van der Waals surface area contributed by atoms with E-state index in [1.807, 2.05) is 0 Å². The van der Waals surface area contributed by atoms with E-state index in [-0.39, 0.29) is 27.7 Å². The number of esters is 1. The molecule has 1 aromatic heterocycles. The number of anilines is 1. The smallest absolute Gasteiger partial charge is 0.341 e. The van der Waals surface area contributed by atoms with Crippen molar-refractivity contribution in [2.45, 2.75) is 12.5 Å². The van der Waals surface area contributed by atoms with Crippen molar-refractivity contribution < 1.29 is 33.3 Å². The quantitative estimate of drug-likeness (QED) is 0.225. The van der Waals surface area contributed by atoms with Crippen molar-refractivity contribution in [3.05, 3.63) is 81.3 Å². The summed E-state index contributed by atoms with van der Waals surface area (Å²) in [5, 5.41) is 9.93. The Hall–Kier alpha value is -3.23. The van der Waals surface area contributed by atoms with Crippen LogP contribution in [0.1, 0.15) is 27.6 Å². The fourth-order valence-corrected chi connectivity index (χ4v) is 3.70. The summed E-state index contributed by atoms with van der Waals surface area (Å²) < 4.78 is 31.2. The first-order valence-corrected chi connectivity index (χ1v) is 10.1. The van der Waals surface area contributed by atoms with E-state index in [1.165, 1.54) is 38.7 Å². The van der Waals surface area contributed by atoms with Gasteiger partial charge in [0.1, 0.15) is 22.0 Å². The van der Waals surface area contributed by atoms with Crippen LogP contribution in [0.25, 0.3) is 0 Å². The Kier molecular flexibility index (Phi) is 7.27. The summed E-state index contributed by atoms with van der Waals surface area (Å²) in [6.45, 7) is 0. The van der Waals surface area contributed by atoms with E-state index in [1.54, 1.807) is 18.2 Å². The molecule has 0 aliphatic carbocycles. The summed E-state index contributed by atoms with van der Waals surface area (Å²) in [5.74, 6) is -0.827. The predicted molar refractivity (Wildman–Crippen MR) is 116 cm³/mol. The predicted octanol–water partition coefficient (Wildman–Crippen LogP) is 4.40. The van der Waals surface area contributed by atoms with Crippen molar-refractivity contribution >= 4 is 34.9 Å². The Labute approximate surface area is 193 Å². The largest absolute Gasteiger partial charge is 0.493 e. The number of ether oxygens (including phenoxy) is 3. The van der Waals surface area contributed by atoms with Crippen LogP contribution in [0, 0.1) is 5.82 Å². The number of rotatable bonds is 7. The Morgan fingerprint density at radius 1 is 1.09 bits per heavy atom. The van der Waals surface area contributed by atoms with Crippen LogP contribution in [0.3, 0.4) is 0 Å². The van der Waals surface area contributed by atoms with E-state index in [4.69, 9.17) is 43.1 Å². The lowest BCUT2D eigenvalue weighted by atomic mass is 10.0. The van der Waals surface area contributed by atoms with Crippen LogP contribution >= 0.6 is 23.2 Å². The Morgan fingerprint density at radius 3 is 2.34 bits per heavy atom. The number of pyridine rings is 1. The van der Waals surface area contributed by atoms with Gasteiger partial charge in [-0.3, -0.25) is 5.21 Å². The number of methoxy groups -OCH3 is 2. The van der Waals surface area contributed by atoms with Crippen molar-refractivity contribution in [3.63, 3.8) is 0 Å². The molecule has 0 spiro atoms. The topological polar surface area (TPSA) is 94.9 Å². The molecule has 2 aromatic carbocycles. The highest BCUT2D eigenvalue weighted by Gasteiger charge is 2.26. The van der Waals surface area contributed by atoms with Crippen molar-refractivity contribution in [1.82, 2.24) is 0 Å². The van der Waals surface area contributed by atoms with Gasteiger partial charge in [-0.1, -0.05) is 29.3 Å². The van der Waals surface area contributed by atoms with E-state index in [2.05, 4.69) is 0 Å². The number of hydrogen-bond acceptors (Lipinski definition) is 6. The molecule has 0 bridgehead atoms. The van der Waals surface area contributed by atoms with Gasteiger partial charge >= 0.3 is 5.97 Å². The van der Waals surface area contributed by atoms with Crippen LogP contribution < -0.4 is 19.9 Å². The molecular formula is C22H20Cl2FN2O5+.